The molecule has 0 aromatic carbocycles. The summed E-state index contributed by atoms with van der Waals surface area (Å²) in [6.45, 7) is 1.08. The van der Waals surface area contributed by atoms with E-state index in [-0.39, 0.29) is 56.1 Å². The number of carbonyl (C=O) groups is 1. The Morgan fingerprint density at radius 2 is 1.27 bits per heavy atom. The predicted octanol–water partition coefficient (Wildman–Crippen LogP) is 0.421. The van der Waals surface area contributed by atoms with Crippen molar-refractivity contribution in [1.29, 1.82) is 0 Å². The summed E-state index contributed by atoms with van der Waals surface area (Å²) >= 11 is 0. The molecule has 0 aliphatic rings. The van der Waals surface area contributed by atoms with E-state index < -0.39 is 5.97 Å². The van der Waals surface area contributed by atoms with Gasteiger partial charge in [0.1, 0.15) is 0 Å². The summed E-state index contributed by atoms with van der Waals surface area (Å²) < 4.78 is 0. The molecule has 0 rings (SSSR count). The van der Waals surface area contributed by atoms with Crippen molar-refractivity contribution in [3.63, 3.8) is 0 Å². The molecule has 0 aliphatic heterocycles. The molecule has 3 nitrogen and oxygen atoms in total. The molecule has 0 saturated heterocycles. The molecular formula is C6H20CaO3S. The Bertz CT molecular complexity index is 88.4. The fourth-order valence-electron chi connectivity index (χ4n) is 0. The second-order valence-corrected chi connectivity index (χ2v) is 7.87. The summed E-state index contributed by atoms with van der Waals surface area (Å²) in [4.78, 5) is 9.00. The topological polar surface area (TPSA) is 68.8 Å². The first-order valence-corrected chi connectivity index (χ1v) is 5.83. The van der Waals surface area contributed by atoms with Gasteiger partial charge in [-0.2, -0.15) is 0 Å². The SMILES string of the molecule is CC(=O)O.CS(C)(C)C.O.[Ca+2].[H-].[H-]. The van der Waals surface area contributed by atoms with Crippen molar-refractivity contribution in [3.8, 4) is 0 Å². The van der Waals surface area contributed by atoms with Crippen molar-refractivity contribution in [2.45, 2.75) is 6.92 Å². The monoisotopic (exact) mass is 212 g/mol. The molecule has 0 amide bonds. The minimum atomic E-state index is -0.833. The molecule has 0 fully saturated rings. The number of aliphatic carboxylic acids is 1. The summed E-state index contributed by atoms with van der Waals surface area (Å²) in [7, 11) is -0.167. The number of carboxylic acid groups (broad SMARTS) is 1. The quantitative estimate of drug-likeness (QED) is 0.591. The third kappa shape index (κ3) is 834. The molecule has 0 bridgehead atoms. The van der Waals surface area contributed by atoms with Crippen LogP contribution in [0, 0.1) is 0 Å². The van der Waals surface area contributed by atoms with Crippen molar-refractivity contribution >= 4 is 53.7 Å². The molecule has 0 heterocycles. The van der Waals surface area contributed by atoms with Crippen LogP contribution >= 0.6 is 10.0 Å². The molecule has 0 atom stereocenters. The maximum Gasteiger partial charge on any atom is 2.00 e. The van der Waals surface area contributed by atoms with Gasteiger partial charge < -0.3 is 13.4 Å². The third-order valence-corrected chi connectivity index (χ3v) is 0. The second kappa shape index (κ2) is 11.0. The minimum Gasteiger partial charge on any atom is -1.00 e. The Balaban J connectivity index is -0.0000000146. The summed E-state index contributed by atoms with van der Waals surface area (Å²) in [5, 5.41) is 7.42. The third-order valence-electron chi connectivity index (χ3n) is 0. The molecule has 0 unspecified atom stereocenters. The van der Waals surface area contributed by atoms with Crippen molar-refractivity contribution < 1.29 is 18.2 Å². The van der Waals surface area contributed by atoms with Gasteiger partial charge in [-0.25, -0.2) is 0 Å². The number of hydrogen-bond donors (Lipinski definition) is 1. The van der Waals surface area contributed by atoms with E-state index >= 15 is 0 Å². The first-order valence-electron chi connectivity index (χ1n) is 2.56. The van der Waals surface area contributed by atoms with Crippen LogP contribution < -0.4 is 0 Å². The first kappa shape index (κ1) is 22.7. The van der Waals surface area contributed by atoms with E-state index in [4.69, 9.17) is 9.90 Å². The smallest absolute Gasteiger partial charge is 1.00 e. The van der Waals surface area contributed by atoms with Crippen LogP contribution in [0.2, 0.25) is 0 Å². The van der Waals surface area contributed by atoms with Crippen LogP contribution in [0.4, 0.5) is 0 Å². The average Bonchev–Trinajstić information content (AvgIpc) is 1.19. The molecule has 70 valence electrons. The predicted molar refractivity (Wildman–Crippen MR) is 56.2 cm³/mol. The van der Waals surface area contributed by atoms with E-state index in [1.165, 1.54) is 0 Å². The van der Waals surface area contributed by atoms with E-state index in [2.05, 4.69) is 25.0 Å². The van der Waals surface area contributed by atoms with Gasteiger partial charge in [-0.3, -0.25) is 14.8 Å². The molecule has 0 radical (unpaired) electrons. The zero-order valence-corrected chi connectivity index (χ0v) is 11.0. The molecule has 5 heteroatoms. The summed E-state index contributed by atoms with van der Waals surface area (Å²) in [5.41, 5.74) is 0. The van der Waals surface area contributed by atoms with Crippen LogP contribution in [0.3, 0.4) is 0 Å². The fourth-order valence-corrected chi connectivity index (χ4v) is 0. The van der Waals surface area contributed by atoms with E-state index in [9.17, 15) is 0 Å². The Hall–Kier alpha value is 1.04. The van der Waals surface area contributed by atoms with Crippen LogP contribution in [0.1, 0.15) is 9.78 Å². The number of hydrogen-bond acceptors (Lipinski definition) is 1. The van der Waals surface area contributed by atoms with Crippen molar-refractivity contribution in [2.24, 2.45) is 0 Å². The maximum absolute atomic E-state index is 9.00. The number of rotatable bonds is 0. The van der Waals surface area contributed by atoms with Gasteiger partial charge in [0, 0.05) is 6.92 Å². The van der Waals surface area contributed by atoms with Crippen molar-refractivity contribution in [2.75, 3.05) is 25.0 Å². The van der Waals surface area contributed by atoms with Gasteiger partial charge in [0.2, 0.25) is 0 Å². The largest absolute Gasteiger partial charge is 2.00 e. The van der Waals surface area contributed by atoms with Crippen molar-refractivity contribution in [1.82, 2.24) is 0 Å². The zero-order chi connectivity index (χ0) is 8.08. The molecule has 0 saturated carbocycles. The van der Waals surface area contributed by atoms with E-state index in [0.717, 1.165) is 6.92 Å². The molecular weight excluding hydrogens is 192 g/mol. The van der Waals surface area contributed by atoms with Gasteiger partial charge in [0.15, 0.2) is 0 Å². The summed E-state index contributed by atoms with van der Waals surface area (Å²) in [6, 6.07) is 0. The zero-order valence-electron chi connectivity index (χ0n) is 9.97. The van der Waals surface area contributed by atoms with Gasteiger partial charge in [0.05, 0.1) is 0 Å². The van der Waals surface area contributed by atoms with E-state index in [1.54, 1.807) is 0 Å². The Morgan fingerprint density at radius 3 is 1.27 bits per heavy atom. The molecule has 0 aromatic heterocycles. The average molecular weight is 212 g/mol. The normalized spacial score (nSPS) is 9.18. The van der Waals surface area contributed by atoms with Crippen LogP contribution in [0.5, 0.6) is 0 Å². The van der Waals surface area contributed by atoms with Gasteiger partial charge in [0.25, 0.3) is 5.97 Å². The molecule has 0 spiro atoms. The molecule has 11 heavy (non-hydrogen) atoms. The van der Waals surface area contributed by atoms with Crippen molar-refractivity contribution in [3.05, 3.63) is 0 Å². The summed E-state index contributed by atoms with van der Waals surface area (Å²) in [6.07, 6.45) is 9.08. The van der Waals surface area contributed by atoms with Gasteiger partial charge >= 0.3 is 37.7 Å². The molecule has 0 aromatic rings. The Morgan fingerprint density at radius 1 is 1.27 bits per heavy atom. The Kier molecular flexibility index (Phi) is 22.8. The number of carboxylic acids is 1. The van der Waals surface area contributed by atoms with E-state index in [1.807, 2.05) is 0 Å². The molecule has 0 aliphatic carbocycles. The van der Waals surface area contributed by atoms with Crippen LogP contribution in [-0.4, -0.2) is 79.3 Å². The van der Waals surface area contributed by atoms with E-state index in [0.29, 0.717) is 0 Å². The maximum atomic E-state index is 9.00. The minimum absolute atomic E-state index is 0. The van der Waals surface area contributed by atoms with Crippen LogP contribution in [0.25, 0.3) is 0 Å². The summed E-state index contributed by atoms with van der Waals surface area (Å²) in [5.74, 6) is -0.833. The van der Waals surface area contributed by atoms with Gasteiger partial charge in [-0.1, -0.05) is 0 Å². The fraction of sp³-hybridized carbons (Fsp3) is 0.833. The standard InChI is InChI=1S/C4H12S.C2H4O2.Ca.H2O.2H/c1-5(2,3)4;1-2(3)4;;;;/h1-4H3;1H3,(H,3,4);;1H2;;/q;;+2;;2*-1. The van der Waals surface area contributed by atoms with Crippen LogP contribution in [-0.2, 0) is 4.79 Å². The molecule has 3 N–H and O–H groups in total. The Labute approximate surface area is 103 Å². The first-order chi connectivity index (χ1) is 3.73. The van der Waals surface area contributed by atoms with Gasteiger partial charge in [-0.15, -0.1) is 0 Å². The van der Waals surface area contributed by atoms with Gasteiger partial charge in [-0.05, 0) is 25.0 Å². The second-order valence-electron chi connectivity index (χ2n) is 2.97. The van der Waals surface area contributed by atoms with Crippen LogP contribution in [0.15, 0.2) is 0 Å².